The minimum absolute atomic E-state index is 0.240. The van der Waals surface area contributed by atoms with Gasteiger partial charge in [0.2, 0.25) is 0 Å². The van der Waals surface area contributed by atoms with E-state index in [9.17, 15) is 0 Å². The summed E-state index contributed by atoms with van der Waals surface area (Å²) in [6.07, 6.45) is 1.77. The number of H-pyrrole nitrogens is 1. The predicted octanol–water partition coefficient (Wildman–Crippen LogP) is 3.20. The molecule has 0 spiro atoms. The number of aromatic amines is 1. The Morgan fingerprint density at radius 3 is 2.62 bits per heavy atom. The van der Waals surface area contributed by atoms with Crippen LogP contribution in [-0.2, 0) is 0 Å². The molecule has 1 unspecified atom stereocenters. The van der Waals surface area contributed by atoms with Crippen LogP contribution >= 0.6 is 0 Å². The monoisotopic (exact) mass is 215 g/mol. The lowest BCUT2D eigenvalue weighted by Crippen LogP contribution is -2.07. The minimum Gasteiger partial charge on any atom is -0.377 e. The predicted molar refractivity (Wildman–Crippen MR) is 66.5 cm³/mol. The van der Waals surface area contributed by atoms with Gasteiger partial charge in [-0.25, -0.2) is 0 Å². The van der Waals surface area contributed by atoms with E-state index in [0.29, 0.717) is 0 Å². The maximum absolute atomic E-state index is 3.95. The Bertz CT molecular complexity index is 460. The van der Waals surface area contributed by atoms with E-state index in [1.54, 1.807) is 6.20 Å². The van der Waals surface area contributed by atoms with Crippen molar-refractivity contribution >= 4 is 5.69 Å². The second kappa shape index (κ2) is 4.39. The second-order valence-corrected chi connectivity index (χ2v) is 4.18. The number of nitrogens with zero attached hydrogens (tertiary/aromatic N) is 1. The summed E-state index contributed by atoms with van der Waals surface area (Å²) in [6, 6.07) is 8.64. The van der Waals surface area contributed by atoms with Gasteiger partial charge in [0.25, 0.3) is 0 Å². The van der Waals surface area contributed by atoms with Crippen molar-refractivity contribution in [3.8, 4) is 0 Å². The highest BCUT2D eigenvalue weighted by Gasteiger charge is 2.06. The Kier molecular flexibility index (Phi) is 2.95. The van der Waals surface area contributed by atoms with Gasteiger partial charge in [0.15, 0.2) is 0 Å². The Morgan fingerprint density at radius 2 is 2.00 bits per heavy atom. The SMILES string of the molecule is Cc1ccc(NC(C)c2ccn[nH]2)cc1C. The molecule has 1 atom stereocenters. The van der Waals surface area contributed by atoms with Crippen molar-refractivity contribution in [3.63, 3.8) is 0 Å². The molecule has 1 aromatic heterocycles. The Hall–Kier alpha value is -1.77. The van der Waals surface area contributed by atoms with Gasteiger partial charge >= 0.3 is 0 Å². The number of hydrogen-bond donors (Lipinski definition) is 2. The van der Waals surface area contributed by atoms with Crippen molar-refractivity contribution in [2.24, 2.45) is 0 Å². The topological polar surface area (TPSA) is 40.7 Å². The van der Waals surface area contributed by atoms with Crippen molar-refractivity contribution in [1.82, 2.24) is 10.2 Å². The van der Waals surface area contributed by atoms with Gasteiger partial charge in [-0.2, -0.15) is 5.10 Å². The number of aryl methyl sites for hydroxylation is 2. The molecule has 0 aliphatic carbocycles. The molecule has 0 saturated heterocycles. The van der Waals surface area contributed by atoms with Crippen LogP contribution in [0.5, 0.6) is 0 Å². The highest BCUT2D eigenvalue weighted by Crippen LogP contribution is 2.19. The van der Waals surface area contributed by atoms with Gasteiger partial charge in [-0.3, -0.25) is 5.10 Å². The fourth-order valence-corrected chi connectivity index (χ4v) is 1.67. The zero-order valence-electron chi connectivity index (χ0n) is 9.91. The first kappa shape index (κ1) is 10.7. The second-order valence-electron chi connectivity index (χ2n) is 4.18. The summed E-state index contributed by atoms with van der Waals surface area (Å²) in [6.45, 7) is 6.36. The van der Waals surface area contributed by atoms with Crippen molar-refractivity contribution in [1.29, 1.82) is 0 Å². The van der Waals surface area contributed by atoms with E-state index < -0.39 is 0 Å². The first-order chi connectivity index (χ1) is 7.66. The fraction of sp³-hybridized carbons (Fsp3) is 0.308. The van der Waals surface area contributed by atoms with Gasteiger partial charge in [-0.1, -0.05) is 6.07 Å². The number of anilines is 1. The maximum Gasteiger partial charge on any atom is 0.0651 e. The molecule has 16 heavy (non-hydrogen) atoms. The third-order valence-corrected chi connectivity index (χ3v) is 2.88. The summed E-state index contributed by atoms with van der Waals surface area (Å²) in [7, 11) is 0. The van der Waals surface area contributed by atoms with Crippen LogP contribution in [0.1, 0.15) is 29.8 Å². The zero-order chi connectivity index (χ0) is 11.5. The van der Waals surface area contributed by atoms with Crippen molar-refractivity contribution in [2.45, 2.75) is 26.8 Å². The zero-order valence-corrected chi connectivity index (χ0v) is 9.91. The largest absolute Gasteiger partial charge is 0.377 e. The molecule has 2 N–H and O–H groups in total. The molecule has 3 heteroatoms. The summed E-state index contributed by atoms with van der Waals surface area (Å²) in [5.74, 6) is 0. The van der Waals surface area contributed by atoms with Crippen molar-refractivity contribution in [2.75, 3.05) is 5.32 Å². The van der Waals surface area contributed by atoms with Crippen LogP contribution in [0.15, 0.2) is 30.5 Å². The molecular formula is C13H17N3. The molecule has 0 fully saturated rings. The van der Waals surface area contributed by atoms with E-state index in [1.165, 1.54) is 11.1 Å². The van der Waals surface area contributed by atoms with E-state index in [-0.39, 0.29) is 6.04 Å². The maximum atomic E-state index is 3.95. The van der Waals surface area contributed by atoms with Gasteiger partial charge in [0.1, 0.15) is 0 Å². The highest BCUT2D eigenvalue weighted by molar-refractivity contribution is 5.49. The molecule has 2 aromatic rings. The molecule has 1 aromatic carbocycles. The molecule has 0 bridgehead atoms. The number of benzene rings is 1. The van der Waals surface area contributed by atoms with Crippen LogP contribution in [0, 0.1) is 13.8 Å². The molecule has 2 rings (SSSR count). The van der Waals surface area contributed by atoms with Gasteiger partial charge in [-0.05, 0) is 50.1 Å². The quantitative estimate of drug-likeness (QED) is 0.825. The fourth-order valence-electron chi connectivity index (χ4n) is 1.67. The summed E-state index contributed by atoms with van der Waals surface area (Å²) in [5.41, 5.74) is 4.87. The van der Waals surface area contributed by atoms with E-state index >= 15 is 0 Å². The summed E-state index contributed by atoms with van der Waals surface area (Å²) >= 11 is 0. The molecular weight excluding hydrogens is 198 g/mol. The molecule has 3 nitrogen and oxygen atoms in total. The molecule has 0 radical (unpaired) electrons. The van der Waals surface area contributed by atoms with E-state index in [1.807, 2.05) is 6.07 Å². The highest BCUT2D eigenvalue weighted by atomic mass is 15.1. The van der Waals surface area contributed by atoms with Crippen molar-refractivity contribution in [3.05, 3.63) is 47.3 Å². The minimum atomic E-state index is 0.240. The average molecular weight is 215 g/mol. The summed E-state index contributed by atoms with van der Waals surface area (Å²) < 4.78 is 0. The Morgan fingerprint density at radius 1 is 1.19 bits per heavy atom. The molecule has 0 aliphatic rings. The lowest BCUT2D eigenvalue weighted by Gasteiger charge is -2.14. The summed E-state index contributed by atoms with van der Waals surface area (Å²) in [5, 5.41) is 10.4. The smallest absolute Gasteiger partial charge is 0.0651 e. The Labute approximate surface area is 95.9 Å². The van der Waals surface area contributed by atoms with E-state index in [2.05, 4.69) is 54.5 Å². The number of hydrogen-bond acceptors (Lipinski definition) is 2. The molecule has 0 saturated carbocycles. The van der Waals surface area contributed by atoms with Crippen LogP contribution in [0.4, 0.5) is 5.69 Å². The number of aromatic nitrogens is 2. The Balaban J connectivity index is 2.12. The van der Waals surface area contributed by atoms with E-state index in [0.717, 1.165) is 11.4 Å². The number of nitrogens with one attached hydrogen (secondary N) is 2. The van der Waals surface area contributed by atoms with Gasteiger partial charge in [0.05, 0.1) is 11.7 Å². The normalized spacial score (nSPS) is 12.4. The van der Waals surface area contributed by atoms with Crippen LogP contribution in [-0.4, -0.2) is 10.2 Å². The molecule has 0 amide bonds. The molecule has 0 aliphatic heterocycles. The standard InChI is InChI=1S/C13H17N3/c1-9-4-5-12(8-10(9)2)15-11(3)13-6-7-14-16-13/h4-8,11,15H,1-3H3,(H,14,16). The van der Waals surface area contributed by atoms with Crippen molar-refractivity contribution < 1.29 is 0 Å². The van der Waals surface area contributed by atoms with Gasteiger partial charge in [0, 0.05) is 11.9 Å². The van der Waals surface area contributed by atoms with Crippen LogP contribution in [0.3, 0.4) is 0 Å². The first-order valence-electron chi connectivity index (χ1n) is 5.50. The lowest BCUT2D eigenvalue weighted by atomic mass is 10.1. The van der Waals surface area contributed by atoms with Crippen LogP contribution < -0.4 is 5.32 Å². The average Bonchev–Trinajstić information content (AvgIpc) is 2.77. The first-order valence-corrected chi connectivity index (χ1v) is 5.50. The van der Waals surface area contributed by atoms with Gasteiger partial charge < -0.3 is 5.32 Å². The van der Waals surface area contributed by atoms with Crippen LogP contribution in [0.2, 0.25) is 0 Å². The molecule has 84 valence electrons. The third kappa shape index (κ3) is 2.24. The van der Waals surface area contributed by atoms with Crippen LogP contribution in [0.25, 0.3) is 0 Å². The summed E-state index contributed by atoms with van der Waals surface area (Å²) in [4.78, 5) is 0. The molecule has 1 heterocycles. The van der Waals surface area contributed by atoms with Gasteiger partial charge in [-0.15, -0.1) is 0 Å². The van der Waals surface area contributed by atoms with E-state index in [4.69, 9.17) is 0 Å². The number of rotatable bonds is 3. The lowest BCUT2D eigenvalue weighted by molar-refractivity contribution is 0.825. The third-order valence-electron chi connectivity index (χ3n) is 2.88.